The van der Waals surface area contributed by atoms with Crippen LogP contribution in [0.25, 0.3) is 0 Å². The molecule has 12 heavy (non-hydrogen) atoms. The SMILES string of the molecule is CC(C)(C)C1(CF)CN=C(N)C1. The summed E-state index contributed by atoms with van der Waals surface area (Å²) < 4.78 is 12.9. The zero-order chi connectivity index (χ0) is 9.41. The second-order valence-electron chi connectivity index (χ2n) is 4.65. The Hall–Kier alpha value is -0.600. The maximum absolute atomic E-state index is 12.9. The van der Waals surface area contributed by atoms with Crippen LogP contribution in [0.3, 0.4) is 0 Å². The molecular formula is C9H17FN2. The first-order valence-corrected chi connectivity index (χ1v) is 4.26. The molecular weight excluding hydrogens is 155 g/mol. The molecule has 1 rings (SSSR count). The first kappa shape index (κ1) is 9.49. The van der Waals surface area contributed by atoms with E-state index >= 15 is 0 Å². The highest BCUT2D eigenvalue weighted by atomic mass is 19.1. The van der Waals surface area contributed by atoms with Crippen molar-refractivity contribution < 1.29 is 4.39 Å². The minimum atomic E-state index is -0.350. The van der Waals surface area contributed by atoms with Crippen molar-refractivity contribution in [3.8, 4) is 0 Å². The predicted octanol–water partition coefficient (Wildman–Crippen LogP) is 1.75. The van der Waals surface area contributed by atoms with Gasteiger partial charge in [-0.2, -0.15) is 0 Å². The van der Waals surface area contributed by atoms with Gasteiger partial charge in [0.05, 0.1) is 12.5 Å². The standard InChI is InChI=1S/C9H17FN2/c1-8(2,3)9(5-10)4-7(11)12-6-9/h4-6H2,1-3H3,(H2,11,12). The van der Waals surface area contributed by atoms with Crippen molar-refractivity contribution >= 4 is 5.84 Å². The molecule has 0 aromatic carbocycles. The third kappa shape index (κ3) is 1.32. The molecule has 0 fully saturated rings. The molecule has 0 amide bonds. The number of rotatable bonds is 1. The zero-order valence-corrected chi connectivity index (χ0v) is 8.02. The normalized spacial score (nSPS) is 30.5. The number of aliphatic imine (C=N–C) groups is 1. The Morgan fingerprint density at radius 2 is 2.17 bits per heavy atom. The van der Waals surface area contributed by atoms with Crippen LogP contribution in [0.15, 0.2) is 4.99 Å². The summed E-state index contributed by atoms with van der Waals surface area (Å²) >= 11 is 0. The smallest absolute Gasteiger partial charge is 0.0977 e. The quantitative estimate of drug-likeness (QED) is 0.643. The number of nitrogens with zero attached hydrogens (tertiary/aromatic N) is 1. The van der Waals surface area contributed by atoms with Crippen molar-refractivity contribution in [1.82, 2.24) is 0 Å². The lowest BCUT2D eigenvalue weighted by Gasteiger charge is -2.38. The van der Waals surface area contributed by atoms with E-state index in [9.17, 15) is 4.39 Å². The Bertz CT molecular complexity index is 205. The minimum absolute atomic E-state index is 0.0631. The first-order valence-electron chi connectivity index (χ1n) is 4.26. The third-order valence-corrected chi connectivity index (χ3v) is 2.95. The molecule has 0 spiro atoms. The summed E-state index contributed by atoms with van der Waals surface area (Å²) in [6.07, 6.45) is 0.604. The lowest BCUT2D eigenvalue weighted by atomic mass is 9.66. The molecule has 1 aliphatic heterocycles. The lowest BCUT2D eigenvalue weighted by molar-refractivity contribution is 0.0783. The molecule has 0 saturated heterocycles. The zero-order valence-electron chi connectivity index (χ0n) is 8.02. The molecule has 1 heterocycles. The summed E-state index contributed by atoms with van der Waals surface area (Å²) in [5, 5.41) is 0. The van der Waals surface area contributed by atoms with Gasteiger partial charge < -0.3 is 5.73 Å². The van der Waals surface area contributed by atoms with Crippen LogP contribution in [0.2, 0.25) is 0 Å². The van der Waals surface area contributed by atoms with Crippen LogP contribution in [0, 0.1) is 10.8 Å². The van der Waals surface area contributed by atoms with Crippen LogP contribution in [-0.4, -0.2) is 19.1 Å². The van der Waals surface area contributed by atoms with Crippen molar-refractivity contribution in [3.05, 3.63) is 0 Å². The molecule has 2 nitrogen and oxygen atoms in total. The van der Waals surface area contributed by atoms with E-state index in [1.807, 2.05) is 20.8 Å². The molecule has 0 bridgehead atoms. The number of hydrogen-bond donors (Lipinski definition) is 1. The highest BCUT2D eigenvalue weighted by molar-refractivity contribution is 5.83. The Kier molecular flexibility index (Phi) is 2.15. The van der Waals surface area contributed by atoms with Crippen molar-refractivity contribution in [2.45, 2.75) is 27.2 Å². The molecule has 1 unspecified atom stereocenters. The summed E-state index contributed by atoms with van der Waals surface area (Å²) in [4.78, 5) is 4.08. The average molecular weight is 172 g/mol. The van der Waals surface area contributed by atoms with Crippen molar-refractivity contribution in [2.24, 2.45) is 21.6 Å². The number of halogens is 1. The Balaban J connectivity index is 2.82. The predicted molar refractivity (Wildman–Crippen MR) is 49.0 cm³/mol. The number of nitrogens with two attached hydrogens (primary N) is 1. The van der Waals surface area contributed by atoms with E-state index in [2.05, 4.69) is 4.99 Å². The van der Waals surface area contributed by atoms with Gasteiger partial charge in [0, 0.05) is 18.4 Å². The summed E-state index contributed by atoms with van der Waals surface area (Å²) in [5.74, 6) is 0.600. The number of hydrogen-bond acceptors (Lipinski definition) is 2. The van der Waals surface area contributed by atoms with Crippen LogP contribution in [0.4, 0.5) is 4.39 Å². The summed E-state index contributed by atoms with van der Waals surface area (Å²) in [7, 11) is 0. The highest BCUT2D eigenvalue weighted by Gasteiger charge is 2.45. The minimum Gasteiger partial charge on any atom is -0.387 e. The molecule has 0 aromatic rings. The molecule has 0 saturated carbocycles. The fourth-order valence-corrected chi connectivity index (χ4v) is 1.50. The van der Waals surface area contributed by atoms with Gasteiger partial charge in [0.15, 0.2) is 0 Å². The van der Waals surface area contributed by atoms with Crippen LogP contribution >= 0.6 is 0 Å². The van der Waals surface area contributed by atoms with E-state index in [-0.39, 0.29) is 17.5 Å². The van der Waals surface area contributed by atoms with E-state index in [0.29, 0.717) is 18.8 Å². The van der Waals surface area contributed by atoms with Gasteiger partial charge in [-0.05, 0) is 5.41 Å². The van der Waals surface area contributed by atoms with Crippen molar-refractivity contribution in [2.75, 3.05) is 13.2 Å². The van der Waals surface area contributed by atoms with E-state index in [1.54, 1.807) is 0 Å². The monoisotopic (exact) mass is 172 g/mol. The Labute approximate surface area is 73.1 Å². The molecule has 1 atom stereocenters. The Morgan fingerprint density at radius 1 is 1.58 bits per heavy atom. The van der Waals surface area contributed by atoms with Crippen LogP contribution < -0.4 is 5.73 Å². The van der Waals surface area contributed by atoms with Gasteiger partial charge in [-0.25, -0.2) is 0 Å². The van der Waals surface area contributed by atoms with E-state index in [4.69, 9.17) is 5.73 Å². The van der Waals surface area contributed by atoms with Crippen LogP contribution in [0.5, 0.6) is 0 Å². The van der Waals surface area contributed by atoms with Gasteiger partial charge in [-0.1, -0.05) is 20.8 Å². The van der Waals surface area contributed by atoms with Crippen LogP contribution in [-0.2, 0) is 0 Å². The fourth-order valence-electron chi connectivity index (χ4n) is 1.50. The van der Waals surface area contributed by atoms with E-state index < -0.39 is 0 Å². The third-order valence-electron chi connectivity index (χ3n) is 2.95. The van der Waals surface area contributed by atoms with Crippen LogP contribution in [0.1, 0.15) is 27.2 Å². The average Bonchev–Trinajstić information content (AvgIpc) is 2.31. The van der Waals surface area contributed by atoms with Crippen molar-refractivity contribution in [1.29, 1.82) is 0 Å². The van der Waals surface area contributed by atoms with Gasteiger partial charge >= 0.3 is 0 Å². The molecule has 70 valence electrons. The molecule has 2 N–H and O–H groups in total. The molecule has 3 heteroatoms. The van der Waals surface area contributed by atoms with E-state index in [1.165, 1.54) is 0 Å². The lowest BCUT2D eigenvalue weighted by Crippen LogP contribution is -2.39. The van der Waals surface area contributed by atoms with Gasteiger partial charge in [0.25, 0.3) is 0 Å². The largest absolute Gasteiger partial charge is 0.387 e. The number of amidine groups is 1. The fraction of sp³-hybridized carbons (Fsp3) is 0.889. The van der Waals surface area contributed by atoms with Gasteiger partial charge in [-0.3, -0.25) is 9.38 Å². The molecule has 0 radical (unpaired) electrons. The molecule has 1 aliphatic rings. The number of alkyl halides is 1. The van der Waals surface area contributed by atoms with Gasteiger partial charge in [-0.15, -0.1) is 0 Å². The Morgan fingerprint density at radius 3 is 2.33 bits per heavy atom. The van der Waals surface area contributed by atoms with Gasteiger partial charge in [0.1, 0.15) is 0 Å². The highest BCUT2D eigenvalue weighted by Crippen LogP contribution is 2.44. The summed E-state index contributed by atoms with van der Waals surface area (Å²) in [6.45, 7) is 6.33. The van der Waals surface area contributed by atoms with Gasteiger partial charge in [0.2, 0.25) is 0 Å². The summed E-state index contributed by atoms with van der Waals surface area (Å²) in [5.41, 5.74) is 5.15. The van der Waals surface area contributed by atoms with E-state index in [0.717, 1.165) is 0 Å². The maximum Gasteiger partial charge on any atom is 0.0977 e. The summed E-state index contributed by atoms with van der Waals surface area (Å²) in [6, 6.07) is 0. The van der Waals surface area contributed by atoms with Crippen molar-refractivity contribution in [3.63, 3.8) is 0 Å². The maximum atomic E-state index is 12.9. The first-order chi connectivity index (χ1) is 5.41. The topological polar surface area (TPSA) is 38.4 Å². The second kappa shape index (κ2) is 2.71. The molecule has 0 aromatic heterocycles. The second-order valence-corrected chi connectivity index (χ2v) is 4.65. The molecule has 0 aliphatic carbocycles.